The van der Waals surface area contributed by atoms with E-state index in [1.54, 1.807) is 0 Å². The van der Waals surface area contributed by atoms with E-state index in [-0.39, 0.29) is 5.91 Å². The standard InChI is InChI=1S/C7H10IN3O/c1-6(12)11(10-8)7-4-2-3-5-9-7/h2-4,9-10H,5H2,1H3. The normalized spacial score (nSPS) is 15.0. The minimum Gasteiger partial charge on any atom is -0.367 e. The van der Waals surface area contributed by atoms with E-state index in [0.29, 0.717) is 0 Å². The molecule has 1 rings (SSSR count). The van der Waals surface area contributed by atoms with Crippen molar-refractivity contribution >= 4 is 28.8 Å². The number of nitrogens with one attached hydrogen (secondary N) is 2. The zero-order valence-corrected chi connectivity index (χ0v) is 8.83. The van der Waals surface area contributed by atoms with E-state index >= 15 is 0 Å². The number of amides is 1. The van der Waals surface area contributed by atoms with Gasteiger partial charge in [0.15, 0.2) is 0 Å². The third kappa shape index (κ3) is 2.21. The quantitative estimate of drug-likeness (QED) is 0.444. The fourth-order valence-corrected chi connectivity index (χ4v) is 1.48. The maximum absolute atomic E-state index is 11.0. The molecule has 0 bridgehead atoms. The lowest BCUT2D eigenvalue weighted by molar-refractivity contribution is -0.128. The van der Waals surface area contributed by atoms with Crippen LogP contribution in [0, 0.1) is 0 Å². The van der Waals surface area contributed by atoms with Crippen molar-refractivity contribution in [1.29, 1.82) is 0 Å². The van der Waals surface area contributed by atoms with Crippen molar-refractivity contribution in [2.75, 3.05) is 6.54 Å². The van der Waals surface area contributed by atoms with Gasteiger partial charge in [-0.3, -0.25) is 4.79 Å². The monoisotopic (exact) mass is 279 g/mol. The Balaban J connectivity index is 2.71. The summed E-state index contributed by atoms with van der Waals surface area (Å²) in [7, 11) is 0. The van der Waals surface area contributed by atoms with Gasteiger partial charge in [0.1, 0.15) is 5.82 Å². The Kier molecular flexibility index (Phi) is 3.54. The molecule has 0 fully saturated rings. The molecule has 0 saturated carbocycles. The minimum atomic E-state index is -0.0431. The van der Waals surface area contributed by atoms with Crippen LogP contribution in [-0.2, 0) is 4.79 Å². The van der Waals surface area contributed by atoms with E-state index in [1.807, 2.05) is 41.1 Å². The van der Waals surface area contributed by atoms with Crippen LogP contribution in [0.3, 0.4) is 0 Å². The van der Waals surface area contributed by atoms with Crippen molar-refractivity contribution in [2.45, 2.75) is 6.92 Å². The molecule has 0 aromatic heterocycles. The summed E-state index contributed by atoms with van der Waals surface area (Å²) >= 11 is 1.92. The lowest BCUT2D eigenvalue weighted by Crippen LogP contribution is -2.41. The van der Waals surface area contributed by atoms with Gasteiger partial charge >= 0.3 is 0 Å². The smallest absolute Gasteiger partial charge is 0.240 e. The molecule has 0 radical (unpaired) electrons. The average molecular weight is 279 g/mol. The van der Waals surface area contributed by atoms with E-state index < -0.39 is 0 Å². The second-order valence-corrected chi connectivity index (χ2v) is 2.78. The fourth-order valence-electron chi connectivity index (χ4n) is 0.878. The predicted octanol–water partition coefficient (Wildman–Crippen LogP) is 0.690. The number of halogens is 1. The molecule has 0 atom stereocenters. The van der Waals surface area contributed by atoms with E-state index in [9.17, 15) is 4.79 Å². The van der Waals surface area contributed by atoms with Crippen LogP contribution in [0.2, 0.25) is 0 Å². The van der Waals surface area contributed by atoms with Crippen molar-refractivity contribution < 1.29 is 4.79 Å². The van der Waals surface area contributed by atoms with Gasteiger partial charge in [0.05, 0.1) is 0 Å². The van der Waals surface area contributed by atoms with Crippen molar-refractivity contribution in [3.63, 3.8) is 0 Å². The van der Waals surface area contributed by atoms with Crippen LogP contribution in [0.5, 0.6) is 0 Å². The molecule has 0 aliphatic carbocycles. The first kappa shape index (κ1) is 9.53. The maximum Gasteiger partial charge on any atom is 0.240 e. The van der Waals surface area contributed by atoms with Gasteiger partial charge in [-0.05, 0) is 6.08 Å². The highest BCUT2D eigenvalue weighted by Gasteiger charge is 2.12. The second kappa shape index (κ2) is 4.46. The summed E-state index contributed by atoms with van der Waals surface area (Å²) in [5.41, 5.74) is 0. The number of dihydropyridines is 1. The molecule has 4 nitrogen and oxygen atoms in total. The topological polar surface area (TPSA) is 44.4 Å². The molecule has 12 heavy (non-hydrogen) atoms. The molecular formula is C7H10IN3O. The zero-order valence-electron chi connectivity index (χ0n) is 6.67. The summed E-state index contributed by atoms with van der Waals surface area (Å²) in [6, 6.07) is 0. The maximum atomic E-state index is 11.0. The third-order valence-corrected chi connectivity index (χ3v) is 1.91. The number of hydrogen-bond acceptors (Lipinski definition) is 3. The number of nitrogens with zero attached hydrogens (tertiary/aromatic N) is 1. The molecule has 0 spiro atoms. The van der Waals surface area contributed by atoms with Gasteiger partial charge in [0.2, 0.25) is 5.91 Å². The molecule has 1 aliphatic rings. The number of carbonyl (C=O) groups excluding carboxylic acids is 1. The largest absolute Gasteiger partial charge is 0.367 e. The minimum absolute atomic E-state index is 0.0431. The first-order chi connectivity index (χ1) is 5.75. The number of allylic oxidation sites excluding steroid dienone is 2. The number of rotatable bonds is 2. The van der Waals surface area contributed by atoms with Crippen molar-refractivity contribution in [3.05, 3.63) is 24.0 Å². The second-order valence-electron chi connectivity index (χ2n) is 2.30. The summed E-state index contributed by atoms with van der Waals surface area (Å²) in [5.74, 6) is 0.734. The molecule has 5 heteroatoms. The van der Waals surface area contributed by atoms with Crippen LogP contribution in [0.15, 0.2) is 24.0 Å². The summed E-state index contributed by atoms with van der Waals surface area (Å²) in [5, 5.41) is 4.51. The SMILES string of the molecule is CC(=O)N(NI)C1=CC=CCN1. The number of carbonyl (C=O) groups is 1. The van der Waals surface area contributed by atoms with Gasteiger partial charge in [-0.15, -0.1) is 0 Å². The molecule has 1 aliphatic heterocycles. The Hall–Kier alpha value is -0.560. The summed E-state index contributed by atoms with van der Waals surface area (Å²) in [4.78, 5) is 11.0. The van der Waals surface area contributed by atoms with Crippen molar-refractivity contribution in [2.24, 2.45) is 0 Å². The van der Waals surface area contributed by atoms with Crippen LogP contribution < -0.4 is 8.96 Å². The molecule has 2 N–H and O–H groups in total. The van der Waals surface area contributed by atoms with Gasteiger partial charge < -0.3 is 5.32 Å². The lowest BCUT2D eigenvalue weighted by Gasteiger charge is -2.23. The Bertz CT molecular complexity index is 237. The van der Waals surface area contributed by atoms with Crippen LogP contribution in [0.25, 0.3) is 0 Å². The Labute approximate surface area is 85.2 Å². The molecule has 0 saturated heterocycles. The van der Waals surface area contributed by atoms with Gasteiger partial charge in [-0.2, -0.15) is 3.64 Å². The highest BCUT2D eigenvalue weighted by Crippen LogP contribution is 2.02. The van der Waals surface area contributed by atoms with Gasteiger partial charge in [0, 0.05) is 36.3 Å². The highest BCUT2D eigenvalue weighted by atomic mass is 127. The van der Waals surface area contributed by atoms with Crippen molar-refractivity contribution in [3.8, 4) is 0 Å². The molecule has 0 unspecified atom stereocenters. The van der Waals surface area contributed by atoms with Crippen LogP contribution in [0.4, 0.5) is 0 Å². The van der Waals surface area contributed by atoms with Gasteiger partial charge in [-0.1, -0.05) is 12.2 Å². The molecule has 1 heterocycles. The summed E-state index contributed by atoms with van der Waals surface area (Å²) < 4.78 is 2.76. The Morgan fingerprint density at radius 3 is 3.00 bits per heavy atom. The first-order valence-corrected chi connectivity index (χ1v) is 4.61. The predicted molar refractivity (Wildman–Crippen MR) is 54.9 cm³/mol. The van der Waals surface area contributed by atoms with E-state index in [0.717, 1.165) is 12.4 Å². The molecule has 0 aromatic rings. The molecule has 1 amide bonds. The van der Waals surface area contributed by atoms with Gasteiger partial charge in [-0.25, -0.2) is 5.01 Å². The molecule has 66 valence electrons. The lowest BCUT2D eigenvalue weighted by atomic mass is 10.3. The Morgan fingerprint density at radius 1 is 1.83 bits per heavy atom. The number of hydrogen-bond donors (Lipinski definition) is 2. The number of hydrazine groups is 1. The zero-order chi connectivity index (χ0) is 8.97. The average Bonchev–Trinajstić information content (AvgIpc) is 2.07. The first-order valence-electron chi connectivity index (χ1n) is 3.53. The van der Waals surface area contributed by atoms with Crippen molar-refractivity contribution in [1.82, 2.24) is 14.0 Å². The fraction of sp³-hybridized carbons (Fsp3) is 0.286. The summed E-state index contributed by atoms with van der Waals surface area (Å²) in [6.07, 6.45) is 5.74. The van der Waals surface area contributed by atoms with E-state index in [4.69, 9.17) is 0 Å². The van der Waals surface area contributed by atoms with E-state index in [2.05, 4.69) is 8.96 Å². The third-order valence-electron chi connectivity index (χ3n) is 1.43. The summed E-state index contributed by atoms with van der Waals surface area (Å²) in [6.45, 7) is 2.26. The highest BCUT2D eigenvalue weighted by molar-refractivity contribution is 14.1. The van der Waals surface area contributed by atoms with E-state index in [1.165, 1.54) is 11.9 Å². The molecular weight excluding hydrogens is 269 g/mol. The Morgan fingerprint density at radius 2 is 2.58 bits per heavy atom. The van der Waals surface area contributed by atoms with Crippen LogP contribution >= 0.6 is 22.9 Å². The van der Waals surface area contributed by atoms with Crippen LogP contribution in [-0.4, -0.2) is 17.5 Å². The van der Waals surface area contributed by atoms with Crippen LogP contribution in [0.1, 0.15) is 6.92 Å². The van der Waals surface area contributed by atoms with Gasteiger partial charge in [0.25, 0.3) is 0 Å². The molecule has 0 aromatic carbocycles.